The quantitative estimate of drug-likeness (QED) is 0.466. The van der Waals surface area contributed by atoms with Gasteiger partial charge >= 0.3 is 0 Å². The molecule has 3 rings (SSSR count). The summed E-state index contributed by atoms with van der Waals surface area (Å²) < 4.78 is 10.5. The number of carbonyl (C=O) groups is 1. The van der Waals surface area contributed by atoms with E-state index < -0.39 is 0 Å². The number of nitrogens with zero attached hydrogens (tertiary/aromatic N) is 1. The van der Waals surface area contributed by atoms with Crippen LogP contribution in [0.1, 0.15) is 11.1 Å². The Morgan fingerprint density at radius 2 is 1.96 bits per heavy atom. The molecule has 0 saturated heterocycles. The van der Waals surface area contributed by atoms with Crippen molar-refractivity contribution in [1.29, 1.82) is 0 Å². The van der Waals surface area contributed by atoms with E-state index >= 15 is 0 Å². The number of amides is 1. The lowest BCUT2D eigenvalue weighted by molar-refractivity contribution is -0.125. The van der Waals surface area contributed by atoms with Crippen LogP contribution in [0.5, 0.6) is 11.5 Å². The van der Waals surface area contributed by atoms with Crippen LogP contribution in [0.3, 0.4) is 0 Å². The fourth-order valence-corrected chi connectivity index (χ4v) is 2.26. The highest BCUT2D eigenvalue weighted by Crippen LogP contribution is 2.32. The highest BCUT2D eigenvalue weighted by molar-refractivity contribution is 6.30. The third-order valence-electron chi connectivity index (χ3n) is 3.43. The molecule has 0 atom stereocenters. The van der Waals surface area contributed by atoms with Gasteiger partial charge in [0.05, 0.1) is 0 Å². The van der Waals surface area contributed by atoms with Gasteiger partial charge in [0, 0.05) is 17.1 Å². The summed E-state index contributed by atoms with van der Waals surface area (Å²) in [6, 6.07) is 12.3. The second-order valence-corrected chi connectivity index (χ2v) is 5.66. The number of nitrogens with one attached hydrogen (secondary N) is 1. The lowest BCUT2D eigenvalue weighted by atomic mass is 10.2. The Kier molecular flexibility index (Phi) is 5.25. The van der Waals surface area contributed by atoms with Crippen molar-refractivity contribution in [3.05, 3.63) is 58.6 Å². The molecule has 8 heteroatoms. The van der Waals surface area contributed by atoms with Crippen LogP contribution in [0.15, 0.2) is 47.6 Å². The van der Waals surface area contributed by atoms with Gasteiger partial charge in [-0.25, -0.2) is 0 Å². The zero-order valence-corrected chi connectivity index (χ0v) is 14.0. The molecule has 1 amide bonds. The number of carbonyl (C=O) groups excluding carboxylic acids is 1. The number of rotatable bonds is 6. The first-order valence-corrected chi connectivity index (χ1v) is 7.86. The first kappa shape index (κ1) is 16.9. The number of hydrogen-bond acceptors (Lipinski definition) is 5. The zero-order valence-electron chi connectivity index (χ0n) is 13.2. The number of ether oxygens (including phenoxy) is 2. The molecule has 1 aliphatic heterocycles. The minimum atomic E-state index is -0.315. The summed E-state index contributed by atoms with van der Waals surface area (Å²) in [5.41, 5.74) is 7.32. The monoisotopic (exact) mass is 361 g/mol. The van der Waals surface area contributed by atoms with Crippen LogP contribution in [-0.2, 0) is 16.2 Å². The molecule has 7 nitrogen and oxygen atoms in total. The first-order chi connectivity index (χ1) is 12.1. The molecule has 0 bridgehead atoms. The Morgan fingerprint density at radius 1 is 1.20 bits per heavy atom. The standard InChI is InChI=1S/C17H16ClN3O4/c18-13-4-2-12(3-5-13)17(19)21-25-9-16(22)20-8-11-1-6-14-15(7-11)24-10-23-14/h1-7H,8-10H2,(H2,19,21)(H,20,22). The molecule has 2 aromatic carbocycles. The summed E-state index contributed by atoms with van der Waals surface area (Å²) in [7, 11) is 0. The summed E-state index contributed by atoms with van der Waals surface area (Å²) in [5, 5.41) is 7.04. The molecule has 0 fully saturated rings. The molecule has 0 spiro atoms. The van der Waals surface area contributed by atoms with Gasteiger partial charge < -0.3 is 25.4 Å². The Morgan fingerprint density at radius 3 is 2.76 bits per heavy atom. The van der Waals surface area contributed by atoms with Crippen LogP contribution in [0.2, 0.25) is 5.02 Å². The summed E-state index contributed by atoms with van der Waals surface area (Å²) in [5.74, 6) is 1.22. The molecule has 3 N–H and O–H groups in total. The molecular formula is C17H16ClN3O4. The van der Waals surface area contributed by atoms with Crippen molar-refractivity contribution in [2.45, 2.75) is 6.54 Å². The van der Waals surface area contributed by atoms with Crippen LogP contribution in [0.4, 0.5) is 0 Å². The van der Waals surface area contributed by atoms with E-state index in [0.29, 0.717) is 28.6 Å². The maximum Gasteiger partial charge on any atom is 0.261 e. The van der Waals surface area contributed by atoms with Crippen molar-refractivity contribution in [2.24, 2.45) is 10.9 Å². The minimum absolute atomic E-state index is 0.167. The molecule has 130 valence electrons. The van der Waals surface area contributed by atoms with Gasteiger partial charge in [0.15, 0.2) is 23.9 Å². The fourth-order valence-electron chi connectivity index (χ4n) is 2.14. The highest BCUT2D eigenvalue weighted by Gasteiger charge is 2.13. The lowest BCUT2D eigenvalue weighted by Crippen LogP contribution is -2.27. The summed E-state index contributed by atoms with van der Waals surface area (Å²) in [6.07, 6.45) is 0. The number of nitrogens with two attached hydrogens (primary N) is 1. The number of amidine groups is 1. The molecule has 0 aromatic heterocycles. The zero-order chi connectivity index (χ0) is 17.6. The fraction of sp³-hybridized carbons (Fsp3) is 0.176. The summed E-state index contributed by atoms with van der Waals surface area (Å²) in [4.78, 5) is 16.8. The van der Waals surface area contributed by atoms with Gasteiger partial charge in [0.25, 0.3) is 5.91 Å². The van der Waals surface area contributed by atoms with E-state index in [1.54, 1.807) is 30.3 Å². The highest BCUT2D eigenvalue weighted by atomic mass is 35.5. The third kappa shape index (κ3) is 4.54. The van der Waals surface area contributed by atoms with E-state index in [1.807, 2.05) is 12.1 Å². The van der Waals surface area contributed by atoms with Crippen molar-refractivity contribution in [2.75, 3.05) is 13.4 Å². The number of oxime groups is 1. The third-order valence-corrected chi connectivity index (χ3v) is 3.68. The van der Waals surface area contributed by atoms with Crippen molar-refractivity contribution in [1.82, 2.24) is 5.32 Å². The number of fused-ring (bicyclic) bond motifs is 1. The molecule has 0 radical (unpaired) electrons. The van der Waals surface area contributed by atoms with Gasteiger partial charge in [0.1, 0.15) is 0 Å². The van der Waals surface area contributed by atoms with Gasteiger partial charge in [-0.05, 0) is 42.0 Å². The molecule has 2 aromatic rings. The average Bonchev–Trinajstić information content (AvgIpc) is 3.08. The Balaban J connectivity index is 1.45. The van der Waals surface area contributed by atoms with E-state index in [0.717, 1.165) is 5.56 Å². The predicted octanol–water partition coefficient (Wildman–Crippen LogP) is 2.02. The molecule has 0 aliphatic carbocycles. The van der Waals surface area contributed by atoms with Crippen molar-refractivity contribution in [3.8, 4) is 11.5 Å². The van der Waals surface area contributed by atoms with Crippen LogP contribution in [-0.4, -0.2) is 25.1 Å². The van der Waals surface area contributed by atoms with E-state index in [2.05, 4.69) is 10.5 Å². The van der Waals surface area contributed by atoms with Gasteiger partial charge in [-0.15, -0.1) is 0 Å². The van der Waals surface area contributed by atoms with E-state index in [-0.39, 0.29) is 25.1 Å². The molecule has 1 aliphatic rings. The molecule has 0 unspecified atom stereocenters. The lowest BCUT2D eigenvalue weighted by Gasteiger charge is -2.06. The maximum atomic E-state index is 11.8. The Labute approximate surface area is 149 Å². The summed E-state index contributed by atoms with van der Waals surface area (Å²) in [6.45, 7) is 0.320. The summed E-state index contributed by atoms with van der Waals surface area (Å²) >= 11 is 5.80. The molecule has 1 heterocycles. The molecular weight excluding hydrogens is 346 g/mol. The number of hydrogen-bond donors (Lipinski definition) is 2. The van der Waals surface area contributed by atoms with Crippen LogP contribution >= 0.6 is 11.6 Å². The smallest absolute Gasteiger partial charge is 0.261 e. The average molecular weight is 362 g/mol. The van der Waals surface area contributed by atoms with E-state index in [1.165, 1.54) is 0 Å². The van der Waals surface area contributed by atoms with Crippen molar-refractivity contribution >= 4 is 23.3 Å². The Hall–Kier alpha value is -2.93. The minimum Gasteiger partial charge on any atom is -0.454 e. The Bertz CT molecular complexity index is 793. The normalized spacial score (nSPS) is 12.8. The van der Waals surface area contributed by atoms with E-state index in [9.17, 15) is 4.79 Å². The van der Waals surface area contributed by atoms with Crippen LogP contribution in [0, 0.1) is 0 Å². The van der Waals surface area contributed by atoms with Gasteiger partial charge in [0.2, 0.25) is 6.79 Å². The second kappa shape index (κ2) is 7.76. The van der Waals surface area contributed by atoms with Gasteiger partial charge in [-0.3, -0.25) is 4.79 Å². The SMILES string of the molecule is NC(=NOCC(=O)NCc1ccc2c(c1)OCO2)c1ccc(Cl)cc1. The van der Waals surface area contributed by atoms with Crippen LogP contribution in [0.25, 0.3) is 0 Å². The van der Waals surface area contributed by atoms with Crippen molar-refractivity contribution < 1.29 is 19.1 Å². The predicted molar refractivity (Wildman–Crippen MR) is 92.5 cm³/mol. The number of halogens is 1. The maximum absolute atomic E-state index is 11.8. The molecule has 25 heavy (non-hydrogen) atoms. The van der Waals surface area contributed by atoms with Crippen LogP contribution < -0.4 is 20.5 Å². The largest absolute Gasteiger partial charge is 0.454 e. The number of benzene rings is 2. The van der Waals surface area contributed by atoms with E-state index in [4.69, 9.17) is 31.6 Å². The topological polar surface area (TPSA) is 95.2 Å². The second-order valence-electron chi connectivity index (χ2n) is 5.22. The first-order valence-electron chi connectivity index (χ1n) is 7.48. The van der Waals surface area contributed by atoms with Gasteiger partial charge in [-0.2, -0.15) is 0 Å². The van der Waals surface area contributed by atoms with Gasteiger partial charge in [-0.1, -0.05) is 22.8 Å². The van der Waals surface area contributed by atoms with Crippen molar-refractivity contribution in [3.63, 3.8) is 0 Å². The molecule has 0 saturated carbocycles.